The van der Waals surface area contributed by atoms with Crippen molar-refractivity contribution >= 4 is 21.9 Å². The Morgan fingerprint density at radius 3 is 2.53 bits per heavy atom. The van der Waals surface area contributed by atoms with E-state index in [0.29, 0.717) is 41.8 Å². The number of esters is 1. The van der Waals surface area contributed by atoms with Gasteiger partial charge in [-0.05, 0) is 61.4 Å². The molecule has 1 aliphatic rings. The first-order valence-electron chi connectivity index (χ1n) is 12.5. The van der Waals surface area contributed by atoms with Gasteiger partial charge in [0, 0.05) is 16.1 Å². The number of ether oxygens (including phenoxy) is 4. The highest BCUT2D eigenvalue weighted by atomic mass is 79.9. The van der Waals surface area contributed by atoms with Gasteiger partial charge in [-0.25, -0.2) is 4.79 Å². The fourth-order valence-electron chi connectivity index (χ4n) is 4.22. The Kier molecular flexibility index (Phi) is 8.93. The maximum atomic E-state index is 12.6. The second-order valence-corrected chi connectivity index (χ2v) is 9.63. The number of hydrogen-bond donors (Lipinski definition) is 1. The van der Waals surface area contributed by atoms with E-state index in [1.54, 1.807) is 42.5 Å². The van der Waals surface area contributed by atoms with Crippen molar-refractivity contribution in [2.45, 2.75) is 39.0 Å². The van der Waals surface area contributed by atoms with E-state index < -0.39 is 11.9 Å². The van der Waals surface area contributed by atoms with Crippen molar-refractivity contribution in [1.82, 2.24) is 0 Å². The van der Waals surface area contributed by atoms with Gasteiger partial charge in [0.15, 0.2) is 11.5 Å². The average molecular weight is 577 g/mol. The third-order valence-corrected chi connectivity index (χ3v) is 6.62. The van der Waals surface area contributed by atoms with Gasteiger partial charge in [-0.1, -0.05) is 47.8 Å². The van der Waals surface area contributed by atoms with E-state index in [0.717, 1.165) is 34.9 Å². The molecule has 196 valence electrons. The highest BCUT2D eigenvalue weighted by Gasteiger charge is 2.32. The van der Waals surface area contributed by atoms with Crippen LogP contribution in [0.5, 0.6) is 23.0 Å². The fourth-order valence-corrected chi connectivity index (χ4v) is 4.48. The van der Waals surface area contributed by atoms with Gasteiger partial charge in [0.2, 0.25) is 5.88 Å². The quantitative estimate of drug-likeness (QED) is 0.160. The van der Waals surface area contributed by atoms with Crippen LogP contribution in [0, 0.1) is 11.3 Å². The lowest BCUT2D eigenvalue weighted by molar-refractivity contribution is 0.0734. The molecule has 0 bridgehead atoms. The molecule has 0 aromatic heterocycles. The van der Waals surface area contributed by atoms with Crippen LogP contribution in [0.15, 0.2) is 76.6 Å². The smallest absolute Gasteiger partial charge is 0.343 e. The third kappa shape index (κ3) is 6.12. The van der Waals surface area contributed by atoms with Gasteiger partial charge in [-0.2, -0.15) is 5.26 Å². The van der Waals surface area contributed by atoms with Crippen LogP contribution >= 0.6 is 15.9 Å². The first-order chi connectivity index (χ1) is 18.4. The number of allylic oxidation sites excluding steroid dienone is 1. The molecule has 4 rings (SSSR count). The van der Waals surface area contributed by atoms with E-state index in [1.165, 1.54) is 0 Å². The monoisotopic (exact) mass is 576 g/mol. The Morgan fingerprint density at radius 1 is 1.03 bits per heavy atom. The molecule has 8 heteroatoms. The van der Waals surface area contributed by atoms with Crippen molar-refractivity contribution in [1.29, 1.82) is 5.26 Å². The predicted molar refractivity (Wildman–Crippen MR) is 147 cm³/mol. The lowest BCUT2D eigenvalue weighted by Gasteiger charge is -2.27. The van der Waals surface area contributed by atoms with Gasteiger partial charge in [0.25, 0.3) is 0 Å². The minimum absolute atomic E-state index is 0.000705. The van der Waals surface area contributed by atoms with Gasteiger partial charge < -0.3 is 24.7 Å². The minimum atomic E-state index is -0.498. The minimum Gasteiger partial charge on any atom is -0.490 e. The Labute approximate surface area is 230 Å². The Hall–Kier alpha value is -3.96. The number of nitrogens with two attached hydrogens (primary N) is 1. The van der Waals surface area contributed by atoms with Gasteiger partial charge in [0.05, 0.1) is 24.7 Å². The number of fused-ring (bicyclic) bond motifs is 1. The van der Waals surface area contributed by atoms with Gasteiger partial charge in [-0.3, -0.25) is 0 Å². The van der Waals surface area contributed by atoms with Crippen LogP contribution in [0.25, 0.3) is 0 Å². The van der Waals surface area contributed by atoms with Crippen molar-refractivity contribution in [2.24, 2.45) is 5.73 Å². The van der Waals surface area contributed by atoms with Crippen LogP contribution in [0.3, 0.4) is 0 Å². The zero-order valence-electron chi connectivity index (χ0n) is 21.3. The number of hydrogen-bond acceptors (Lipinski definition) is 7. The summed E-state index contributed by atoms with van der Waals surface area (Å²) in [5, 5.41) is 9.94. The first kappa shape index (κ1) is 27.1. The normalized spacial score (nSPS) is 14.2. The van der Waals surface area contributed by atoms with E-state index in [4.69, 9.17) is 24.7 Å². The lowest BCUT2D eigenvalue weighted by atomic mass is 9.83. The molecule has 1 aliphatic heterocycles. The highest BCUT2D eigenvalue weighted by molar-refractivity contribution is 9.10. The van der Waals surface area contributed by atoms with Crippen LogP contribution in [-0.4, -0.2) is 19.2 Å². The summed E-state index contributed by atoms with van der Waals surface area (Å²) in [6.45, 7) is 5.13. The molecule has 1 atom stereocenters. The summed E-state index contributed by atoms with van der Waals surface area (Å²) in [6, 6.07) is 19.8. The Bertz CT molecular complexity index is 1380. The van der Waals surface area contributed by atoms with E-state index in [1.807, 2.05) is 25.1 Å². The van der Waals surface area contributed by atoms with Gasteiger partial charge in [-0.15, -0.1) is 0 Å². The maximum Gasteiger partial charge on any atom is 0.343 e. The van der Waals surface area contributed by atoms with Crippen LogP contribution in [0.2, 0.25) is 0 Å². The molecule has 38 heavy (non-hydrogen) atoms. The fraction of sp³-hybridized carbons (Fsp3) is 0.267. The molecular formula is C30H29BrN2O5. The molecule has 3 aromatic carbocycles. The Morgan fingerprint density at radius 2 is 1.82 bits per heavy atom. The van der Waals surface area contributed by atoms with Gasteiger partial charge >= 0.3 is 5.97 Å². The molecule has 0 saturated heterocycles. The molecular weight excluding hydrogens is 548 g/mol. The topological polar surface area (TPSA) is 104 Å². The highest BCUT2D eigenvalue weighted by Crippen LogP contribution is 2.45. The first-order valence-corrected chi connectivity index (χ1v) is 13.3. The number of nitrogens with zero attached hydrogens (tertiary/aromatic N) is 1. The zero-order chi connectivity index (χ0) is 27.1. The second kappa shape index (κ2) is 12.5. The van der Waals surface area contributed by atoms with Crippen molar-refractivity contribution in [2.75, 3.05) is 13.2 Å². The summed E-state index contributed by atoms with van der Waals surface area (Å²) in [5.41, 5.74) is 8.40. The average Bonchev–Trinajstić information content (AvgIpc) is 2.91. The van der Waals surface area contributed by atoms with E-state index in [9.17, 15) is 10.1 Å². The summed E-state index contributed by atoms with van der Waals surface area (Å²) in [5.74, 6) is 0.976. The molecule has 0 radical (unpaired) electrons. The number of unbranched alkanes of at least 4 members (excludes halogenated alkanes) is 2. The largest absolute Gasteiger partial charge is 0.490 e. The maximum absolute atomic E-state index is 12.6. The molecule has 3 aromatic rings. The summed E-state index contributed by atoms with van der Waals surface area (Å²) in [6.07, 6.45) is 3.17. The van der Waals surface area contributed by atoms with E-state index in [2.05, 4.69) is 28.9 Å². The standard InChI is InChI=1S/C30H29BrN2O5/c1-3-5-6-15-36-25-14-9-20(16-27(25)35-4-2)28-23-13-12-22(17-26(23)38-29(33)24(28)18-32)37-30(34)19-7-10-21(31)11-8-19/h7-14,16-17,28H,3-6,15,33H2,1-2H3. The number of carbonyl (C=O) groups is 1. The summed E-state index contributed by atoms with van der Waals surface area (Å²) in [4.78, 5) is 12.6. The molecule has 0 aliphatic carbocycles. The van der Waals surface area contributed by atoms with Crippen LogP contribution in [-0.2, 0) is 0 Å². The van der Waals surface area contributed by atoms with Gasteiger partial charge in [0.1, 0.15) is 23.1 Å². The van der Waals surface area contributed by atoms with Crippen molar-refractivity contribution in [3.8, 4) is 29.1 Å². The molecule has 0 spiro atoms. The number of carbonyl (C=O) groups excluding carboxylic acids is 1. The lowest BCUT2D eigenvalue weighted by Crippen LogP contribution is -2.21. The summed E-state index contributed by atoms with van der Waals surface area (Å²) >= 11 is 3.35. The molecule has 1 unspecified atom stereocenters. The van der Waals surface area contributed by atoms with Crippen LogP contribution in [0.1, 0.15) is 60.5 Å². The Balaban J connectivity index is 1.64. The predicted octanol–water partition coefficient (Wildman–Crippen LogP) is 6.85. The zero-order valence-corrected chi connectivity index (χ0v) is 22.9. The molecule has 1 heterocycles. The molecule has 7 nitrogen and oxygen atoms in total. The van der Waals surface area contributed by atoms with Crippen molar-refractivity contribution in [3.05, 3.63) is 93.3 Å². The molecule has 0 amide bonds. The molecule has 0 fully saturated rings. The van der Waals surface area contributed by atoms with Crippen LogP contribution in [0.4, 0.5) is 0 Å². The van der Waals surface area contributed by atoms with Crippen molar-refractivity contribution in [3.63, 3.8) is 0 Å². The number of benzene rings is 3. The van der Waals surface area contributed by atoms with E-state index >= 15 is 0 Å². The van der Waals surface area contributed by atoms with E-state index in [-0.39, 0.29) is 11.5 Å². The number of halogens is 1. The molecule has 0 saturated carbocycles. The number of nitriles is 1. The number of rotatable bonds is 10. The summed E-state index contributed by atoms with van der Waals surface area (Å²) < 4.78 is 24.1. The third-order valence-electron chi connectivity index (χ3n) is 6.09. The molecule has 2 N–H and O–H groups in total. The van der Waals surface area contributed by atoms with Crippen LogP contribution < -0.4 is 24.7 Å². The SMILES string of the molecule is CCCCCOc1ccc(C2C(C#N)=C(N)Oc3cc(OC(=O)c4ccc(Br)cc4)ccc32)cc1OCC. The summed E-state index contributed by atoms with van der Waals surface area (Å²) in [7, 11) is 0. The van der Waals surface area contributed by atoms with Crippen molar-refractivity contribution < 1.29 is 23.7 Å². The second-order valence-electron chi connectivity index (χ2n) is 8.72.